The van der Waals surface area contributed by atoms with Crippen LogP contribution in [0, 0.1) is 13.8 Å². The van der Waals surface area contributed by atoms with Gasteiger partial charge in [0.15, 0.2) is 0 Å². The molecule has 1 aromatic rings. The highest BCUT2D eigenvalue weighted by molar-refractivity contribution is 5.30. The zero-order valence-electron chi connectivity index (χ0n) is 9.76. The van der Waals surface area contributed by atoms with Gasteiger partial charge in [-0.05, 0) is 37.4 Å². The lowest BCUT2D eigenvalue weighted by molar-refractivity contribution is 0.199. The second kappa shape index (κ2) is 3.05. The van der Waals surface area contributed by atoms with Gasteiger partial charge >= 0.3 is 0 Å². The Kier molecular flexibility index (Phi) is 1.37. The molecule has 1 heteroatoms. The van der Waals surface area contributed by atoms with Crippen LogP contribution in [0.25, 0.3) is 0 Å². The summed E-state index contributed by atoms with van der Waals surface area (Å²) in [5.74, 6) is 0. The Bertz CT molecular complexity index is 331. The van der Waals surface area contributed by atoms with Gasteiger partial charge in [-0.15, -0.1) is 0 Å². The van der Waals surface area contributed by atoms with Crippen LogP contribution in [-0.4, -0.2) is 5.11 Å². The van der Waals surface area contributed by atoms with Gasteiger partial charge in [-0.1, -0.05) is 18.2 Å². The minimum atomic E-state index is -2.35. The van der Waals surface area contributed by atoms with Crippen LogP contribution in [0.4, 0.5) is 0 Å². The summed E-state index contributed by atoms with van der Waals surface area (Å²) in [6, 6.07) is 5.19. The fraction of sp³-hybridized carbons (Fsp3) is 0.400. The molecule has 1 aromatic carbocycles. The molecule has 0 heterocycles. The minimum absolute atomic E-state index is 0.452. The Hall–Kier alpha value is -0.820. The molecule has 0 saturated heterocycles. The summed E-state index contributed by atoms with van der Waals surface area (Å²) in [4.78, 5) is 0. The molecule has 0 saturated carbocycles. The van der Waals surface area contributed by atoms with Crippen LogP contribution in [0.5, 0.6) is 0 Å². The highest BCUT2D eigenvalue weighted by Crippen LogP contribution is 2.15. The van der Waals surface area contributed by atoms with Gasteiger partial charge in [0.2, 0.25) is 0 Å². The first-order chi connectivity index (χ1) is 6.32. The van der Waals surface area contributed by atoms with E-state index in [2.05, 4.69) is 0 Å². The molecule has 0 radical (unpaired) electrons. The quantitative estimate of drug-likeness (QED) is 0.616. The Morgan fingerprint density at radius 2 is 2.09 bits per heavy atom. The van der Waals surface area contributed by atoms with Crippen molar-refractivity contribution >= 4 is 0 Å². The third kappa shape index (κ3) is 1.81. The fourth-order valence-electron chi connectivity index (χ4n) is 0.935. The summed E-state index contributed by atoms with van der Waals surface area (Å²) < 4.78 is 21.2. The number of hydrogen-bond acceptors (Lipinski definition) is 1. The van der Waals surface area contributed by atoms with Crippen molar-refractivity contribution in [3.63, 3.8) is 0 Å². The van der Waals surface area contributed by atoms with Gasteiger partial charge in [0.25, 0.3) is 0 Å². The molecule has 0 spiro atoms. The first-order valence-electron chi connectivity index (χ1n) is 5.07. The van der Waals surface area contributed by atoms with Crippen LogP contribution in [0.2, 0.25) is 0 Å². The van der Waals surface area contributed by atoms with Gasteiger partial charge in [0, 0.05) is 4.11 Å². The van der Waals surface area contributed by atoms with Crippen molar-refractivity contribution in [2.24, 2.45) is 0 Å². The van der Waals surface area contributed by atoms with Gasteiger partial charge in [0.05, 0.1) is 6.10 Å². The Morgan fingerprint density at radius 3 is 2.64 bits per heavy atom. The molecular weight excluding hydrogens is 137 g/mol. The summed E-state index contributed by atoms with van der Waals surface area (Å²) in [5.41, 5.74) is 2.53. The number of rotatable bonds is 1. The molecule has 1 atom stereocenters. The molecule has 11 heavy (non-hydrogen) atoms. The van der Waals surface area contributed by atoms with Crippen LogP contribution in [0.1, 0.15) is 33.8 Å². The average Bonchev–Trinajstić information content (AvgIpc) is 2.07. The van der Waals surface area contributed by atoms with Gasteiger partial charge in [-0.2, -0.15) is 0 Å². The lowest BCUT2D eigenvalue weighted by Crippen LogP contribution is -1.92. The van der Waals surface area contributed by atoms with E-state index in [9.17, 15) is 5.11 Å². The van der Waals surface area contributed by atoms with Crippen molar-refractivity contribution in [1.29, 1.82) is 0 Å². The van der Waals surface area contributed by atoms with E-state index in [4.69, 9.17) is 4.11 Å². The van der Waals surface area contributed by atoms with E-state index in [1.807, 2.05) is 19.9 Å². The SMILES string of the molecule is [2H][13C]([2H])([2H])C(O)c1ccc(C)c(C)c1. The van der Waals surface area contributed by atoms with Gasteiger partial charge in [-0.25, -0.2) is 0 Å². The number of aliphatic hydroxyl groups excluding tert-OH is 1. The monoisotopic (exact) mass is 154 g/mol. The molecule has 60 valence electrons. The van der Waals surface area contributed by atoms with Crippen molar-refractivity contribution in [3.8, 4) is 0 Å². The average molecular weight is 154 g/mol. The van der Waals surface area contributed by atoms with Gasteiger partial charge in [0.1, 0.15) is 0 Å². The van der Waals surface area contributed by atoms with Gasteiger partial charge in [-0.3, -0.25) is 0 Å². The lowest BCUT2D eigenvalue weighted by Gasteiger charge is -2.06. The highest BCUT2D eigenvalue weighted by Gasteiger charge is 2.00. The molecule has 0 aliphatic rings. The molecule has 0 aromatic heterocycles. The second-order valence-corrected chi connectivity index (χ2v) is 2.75. The van der Waals surface area contributed by atoms with Crippen molar-refractivity contribution in [3.05, 3.63) is 34.9 Å². The molecule has 1 N–H and O–H groups in total. The highest BCUT2D eigenvalue weighted by atomic mass is 16.3. The number of hydrogen-bond donors (Lipinski definition) is 1. The lowest BCUT2D eigenvalue weighted by atomic mass is 10.1. The molecule has 0 bridgehead atoms. The maximum absolute atomic E-state index is 9.51. The molecule has 1 nitrogen and oxygen atoms in total. The molecular formula is C10H14O. The smallest absolute Gasteiger partial charge is 0.0762 e. The third-order valence-electron chi connectivity index (χ3n) is 1.85. The zero-order valence-corrected chi connectivity index (χ0v) is 6.76. The van der Waals surface area contributed by atoms with Crippen molar-refractivity contribution in [2.75, 3.05) is 0 Å². The first kappa shape index (κ1) is 4.94. The maximum atomic E-state index is 9.51. The predicted octanol–water partition coefficient (Wildman–Crippen LogP) is 2.36. The van der Waals surface area contributed by atoms with Crippen molar-refractivity contribution in [1.82, 2.24) is 0 Å². The third-order valence-corrected chi connectivity index (χ3v) is 1.85. The van der Waals surface area contributed by atoms with E-state index in [1.165, 1.54) is 0 Å². The molecule has 0 amide bonds. The van der Waals surface area contributed by atoms with E-state index in [1.54, 1.807) is 12.1 Å². The summed E-state index contributed by atoms with van der Waals surface area (Å²) in [5, 5.41) is 9.51. The Morgan fingerprint density at radius 1 is 1.36 bits per heavy atom. The summed E-state index contributed by atoms with van der Waals surface area (Å²) >= 11 is 0. The van der Waals surface area contributed by atoms with Crippen LogP contribution >= 0.6 is 0 Å². The topological polar surface area (TPSA) is 20.2 Å². The fourth-order valence-corrected chi connectivity index (χ4v) is 0.935. The Labute approximate surface area is 71.9 Å². The molecule has 0 fully saturated rings. The summed E-state index contributed by atoms with van der Waals surface area (Å²) in [6.45, 7) is 1.49. The van der Waals surface area contributed by atoms with E-state index in [0.29, 0.717) is 5.56 Å². The largest absolute Gasteiger partial charge is 0.389 e. The van der Waals surface area contributed by atoms with Crippen LogP contribution in [0.15, 0.2) is 18.2 Å². The van der Waals surface area contributed by atoms with Gasteiger partial charge < -0.3 is 5.11 Å². The Balaban J connectivity index is 3.03. The standard InChI is InChI=1S/C10H14O/c1-7-4-5-10(9(3)11)6-8(7)2/h4-6,9,11H,1-3H3/i3+1D3. The van der Waals surface area contributed by atoms with E-state index < -0.39 is 13.0 Å². The van der Waals surface area contributed by atoms with Crippen LogP contribution < -0.4 is 0 Å². The molecule has 1 rings (SSSR count). The van der Waals surface area contributed by atoms with Crippen molar-refractivity contribution < 1.29 is 9.22 Å². The predicted molar refractivity (Wildman–Crippen MR) is 46.5 cm³/mol. The number of benzene rings is 1. The first-order valence-corrected chi connectivity index (χ1v) is 3.57. The summed E-state index contributed by atoms with van der Waals surface area (Å²) in [6.07, 6.45) is -1.39. The molecule has 0 aliphatic carbocycles. The van der Waals surface area contributed by atoms with Crippen LogP contribution in [-0.2, 0) is 0 Å². The summed E-state index contributed by atoms with van der Waals surface area (Å²) in [7, 11) is 0. The molecule has 0 aliphatic heterocycles. The normalized spacial score (nSPS) is 18.3. The number of aryl methyl sites for hydroxylation is 2. The van der Waals surface area contributed by atoms with Crippen LogP contribution in [0.3, 0.4) is 0 Å². The zero-order chi connectivity index (χ0) is 10.9. The minimum Gasteiger partial charge on any atom is -0.389 e. The van der Waals surface area contributed by atoms with E-state index in [0.717, 1.165) is 11.1 Å². The number of aliphatic hydroxyl groups is 1. The maximum Gasteiger partial charge on any atom is 0.0762 e. The van der Waals surface area contributed by atoms with E-state index in [-0.39, 0.29) is 0 Å². The van der Waals surface area contributed by atoms with E-state index >= 15 is 0 Å². The van der Waals surface area contributed by atoms with Crippen molar-refractivity contribution in [2.45, 2.75) is 26.8 Å². The molecule has 1 unspecified atom stereocenters. The second-order valence-electron chi connectivity index (χ2n) is 2.75.